The highest BCUT2D eigenvalue weighted by atomic mass is 16.6. The van der Waals surface area contributed by atoms with E-state index in [-0.39, 0.29) is 11.9 Å². The second-order valence-electron chi connectivity index (χ2n) is 6.46. The van der Waals surface area contributed by atoms with Crippen LogP contribution in [0, 0.1) is 6.92 Å². The van der Waals surface area contributed by atoms with Gasteiger partial charge in [-0.3, -0.25) is 4.79 Å². The van der Waals surface area contributed by atoms with Crippen molar-refractivity contribution < 1.29 is 19.0 Å². The van der Waals surface area contributed by atoms with E-state index in [0.717, 1.165) is 22.6 Å². The van der Waals surface area contributed by atoms with E-state index >= 15 is 0 Å². The van der Waals surface area contributed by atoms with Crippen LogP contribution in [-0.4, -0.2) is 25.2 Å². The number of nitrogens with one attached hydrogen (secondary N) is 1. The molecule has 0 fully saturated rings. The number of hydrogen-bond acceptors (Lipinski definition) is 4. The third-order valence-electron chi connectivity index (χ3n) is 4.36. The molecule has 1 N–H and O–H groups in total. The first-order valence-corrected chi connectivity index (χ1v) is 9.00. The Morgan fingerprint density at radius 1 is 1.15 bits per heavy atom. The lowest BCUT2D eigenvalue weighted by atomic mass is 10.1. The van der Waals surface area contributed by atoms with Gasteiger partial charge in [-0.1, -0.05) is 25.1 Å². The average molecular weight is 355 g/mol. The minimum absolute atomic E-state index is 0.128. The Morgan fingerprint density at radius 2 is 1.92 bits per heavy atom. The van der Waals surface area contributed by atoms with E-state index in [4.69, 9.17) is 14.2 Å². The molecular weight excluding hydrogens is 330 g/mol. The third-order valence-corrected chi connectivity index (χ3v) is 4.36. The van der Waals surface area contributed by atoms with Crippen molar-refractivity contribution in [2.24, 2.45) is 0 Å². The number of fused-ring (bicyclic) bond motifs is 1. The molecule has 0 bridgehead atoms. The molecule has 0 saturated heterocycles. The smallest absolute Gasteiger partial charge is 0.261 e. The fourth-order valence-electron chi connectivity index (χ4n) is 2.89. The maximum atomic E-state index is 12.6. The van der Waals surface area contributed by atoms with E-state index in [0.29, 0.717) is 25.4 Å². The Bertz CT molecular complexity index is 774. The molecule has 2 aromatic carbocycles. The van der Waals surface area contributed by atoms with Crippen LogP contribution >= 0.6 is 0 Å². The van der Waals surface area contributed by atoms with Gasteiger partial charge in [0.25, 0.3) is 5.91 Å². The fraction of sp³-hybridized carbons (Fsp3) is 0.381. The van der Waals surface area contributed by atoms with Crippen molar-refractivity contribution in [2.45, 2.75) is 39.3 Å². The summed E-state index contributed by atoms with van der Waals surface area (Å²) in [5, 5.41) is 3.03. The summed E-state index contributed by atoms with van der Waals surface area (Å²) in [7, 11) is 0. The number of hydrogen-bond donors (Lipinski definition) is 1. The Morgan fingerprint density at radius 3 is 2.65 bits per heavy atom. The maximum absolute atomic E-state index is 12.6. The molecule has 5 heteroatoms. The zero-order valence-corrected chi connectivity index (χ0v) is 15.5. The van der Waals surface area contributed by atoms with Gasteiger partial charge in [-0.25, -0.2) is 0 Å². The SMILES string of the molecule is CC[C@H](Oc1cccc(C)c1)C(=O)N[C@H](C)c1ccc2c(c1)OCCO2. The van der Waals surface area contributed by atoms with Crippen LogP contribution < -0.4 is 19.5 Å². The number of benzene rings is 2. The number of carbonyl (C=O) groups is 1. The first-order valence-electron chi connectivity index (χ1n) is 9.00. The zero-order valence-electron chi connectivity index (χ0n) is 15.5. The van der Waals surface area contributed by atoms with Gasteiger partial charge in [0.05, 0.1) is 6.04 Å². The summed E-state index contributed by atoms with van der Waals surface area (Å²) in [5.74, 6) is 2.04. The van der Waals surface area contributed by atoms with Crippen molar-refractivity contribution in [3.63, 3.8) is 0 Å². The lowest BCUT2D eigenvalue weighted by Crippen LogP contribution is -2.39. The molecule has 26 heavy (non-hydrogen) atoms. The molecule has 2 aromatic rings. The van der Waals surface area contributed by atoms with Gasteiger partial charge >= 0.3 is 0 Å². The van der Waals surface area contributed by atoms with Crippen LogP contribution in [0.25, 0.3) is 0 Å². The molecule has 3 rings (SSSR count). The van der Waals surface area contributed by atoms with Gasteiger partial charge in [0, 0.05) is 0 Å². The second-order valence-corrected chi connectivity index (χ2v) is 6.46. The molecule has 1 amide bonds. The summed E-state index contributed by atoms with van der Waals surface area (Å²) in [6, 6.07) is 13.3. The number of rotatable bonds is 6. The minimum atomic E-state index is -0.531. The number of aryl methyl sites for hydroxylation is 1. The Hall–Kier alpha value is -2.69. The topological polar surface area (TPSA) is 56.8 Å². The molecule has 0 aromatic heterocycles. The molecule has 138 valence electrons. The van der Waals surface area contributed by atoms with Gasteiger partial charge < -0.3 is 19.5 Å². The molecule has 0 saturated carbocycles. The van der Waals surface area contributed by atoms with Crippen molar-refractivity contribution >= 4 is 5.91 Å². The largest absolute Gasteiger partial charge is 0.486 e. The number of ether oxygens (including phenoxy) is 3. The third kappa shape index (κ3) is 4.28. The summed E-state index contributed by atoms with van der Waals surface area (Å²) in [4.78, 5) is 12.6. The second kappa shape index (κ2) is 8.13. The lowest BCUT2D eigenvalue weighted by molar-refractivity contribution is -0.128. The molecule has 5 nitrogen and oxygen atoms in total. The average Bonchev–Trinajstić information content (AvgIpc) is 2.65. The Labute approximate surface area is 154 Å². The maximum Gasteiger partial charge on any atom is 0.261 e. The van der Waals surface area contributed by atoms with Crippen molar-refractivity contribution in [1.29, 1.82) is 0 Å². The molecule has 0 spiro atoms. The lowest BCUT2D eigenvalue weighted by Gasteiger charge is -2.23. The van der Waals surface area contributed by atoms with E-state index in [1.165, 1.54) is 0 Å². The van der Waals surface area contributed by atoms with E-state index in [2.05, 4.69) is 5.32 Å². The van der Waals surface area contributed by atoms with Gasteiger partial charge in [0.1, 0.15) is 19.0 Å². The minimum Gasteiger partial charge on any atom is -0.486 e. The highest BCUT2D eigenvalue weighted by Crippen LogP contribution is 2.32. The molecule has 0 aliphatic carbocycles. The van der Waals surface area contributed by atoms with E-state index in [1.807, 2.05) is 63.2 Å². The van der Waals surface area contributed by atoms with E-state index in [9.17, 15) is 4.79 Å². The van der Waals surface area contributed by atoms with Crippen LogP contribution in [0.4, 0.5) is 0 Å². The molecule has 0 unspecified atom stereocenters. The highest BCUT2D eigenvalue weighted by molar-refractivity contribution is 5.81. The molecule has 1 heterocycles. The van der Waals surface area contributed by atoms with Crippen LogP contribution in [0.15, 0.2) is 42.5 Å². The van der Waals surface area contributed by atoms with Crippen LogP contribution in [-0.2, 0) is 4.79 Å². The van der Waals surface area contributed by atoms with E-state index in [1.54, 1.807) is 0 Å². The molecular formula is C21H25NO4. The van der Waals surface area contributed by atoms with Crippen LogP contribution in [0.5, 0.6) is 17.2 Å². The summed E-state index contributed by atoms with van der Waals surface area (Å²) in [6.07, 6.45) is 0.0599. The van der Waals surface area contributed by atoms with Gasteiger partial charge in [-0.2, -0.15) is 0 Å². The van der Waals surface area contributed by atoms with Crippen molar-refractivity contribution in [1.82, 2.24) is 5.32 Å². The van der Waals surface area contributed by atoms with Gasteiger partial charge in [-0.05, 0) is 55.7 Å². The van der Waals surface area contributed by atoms with Crippen LogP contribution in [0.2, 0.25) is 0 Å². The monoisotopic (exact) mass is 355 g/mol. The van der Waals surface area contributed by atoms with Crippen molar-refractivity contribution in [3.8, 4) is 17.2 Å². The van der Waals surface area contributed by atoms with E-state index < -0.39 is 6.10 Å². The normalized spacial score (nSPS) is 15.0. The first-order chi connectivity index (χ1) is 12.6. The van der Waals surface area contributed by atoms with Gasteiger partial charge in [0.15, 0.2) is 17.6 Å². The predicted molar refractivity (Wildman–Crippen MR) is 99.9 cm³/mol. The van der Waals surface area contributed by atoms with Crippen molar-refractivity contribution in [2.75, 3.05) is 13.2 Å². The first kappa shape index (κ1) is 18.1. The zero-order chi connectivity index (χ0) is 18.5. The predicted octanol–water partition coefficient (Wildman–Crippen LogP) is 3.80. The molecule has 0 radical (unpaired) electrons. The number of amides is 1. The van der Waals surface area contributed by atoms with Crippen LogP contribution in [0.1, 0.15) is 37.4 Å². The molecule has 1 aliphatic rings. The van der Waals surface area contributed by atoms with Gasteiger partial charge in [0.2, 0.25) is 0 Å². The van der Waals surface area contributed by atoms with Crippen LogP contribution in [0.3, 0.4) is 0 Å². The summed E-state index contributed by atoms with van der Waals surface area (Å²) in [6.45, 7) is 6.99. The number of carbonyl (C=O) groups excluding carboxylic acids is 1. The summed E-state index contributed by atoms with van der Waals surface area (Å²) in [5.41, 5.74) is 2.07. The summed E-state index contributed by atoms with van der Waals surface area (Å²) < 4.78 is 17.0. The Balaban J connectivity index is 1.65. The van der Waals surface area contributed by atoms with Gasteiger partial charge in [-0.15, -0.1) is 0 Å². The Kier molecular flexibility index (Phi) is 5.66. The molecule has 1 aliphatic heterocycles. The quantitative estimate of drug-likeness (QED) is 0.856. The molecule has 2 atom stereocenters. The summed E-state index contributed by atoms with van der Waals surface area (Å²) >= 11 is 0. The standard InChI is InChI=1S/C21H25NO4/c1-4-18(26-17-7-5-6-14(2)12-17)21(23)22-15(3)16-8-9-19-20(13-16)25-11-10-24-19/h5-9,12-13,15,18H,4,10-11H2,1-3H3,(H,22,23)/t15-,18+/m1/s1. The fourth-order valence-corrected chi connectivity index (χ4v) is 2.89. The highest BCUT2D eigenvalue weighted by Gasteiger charge is 2.22. The van der Waals surface area contributed by atoms with Crippen molar-refractivity contribution in [3.05, 3.63) is 53.6 Å².